The first-order chi connectivity index (χ1) is 22.0. The van der Waals surface area contributed by atoms with Gasteiger partial charge in [-0.3, -0.25) is 19.8 Å². The van der Waals surface area contributed by atoms with Gasteiger partial charge in [0.15, 0.2) is 5.72 Å². The molecule has 1 saturated heterocycles. The number of hydrogen-bond acceptors (Lipinski definition) is 6. The van der Waals surface area contributed by atoms with Crippen LogP contribution in [-0.4, -0.2) is 51.4 Å². The van der Waals surface area contributed by atoms with Gasteiger partial charge >= 0.3 is 0 Å². The van der Waals surface area contributed by atoms with E-state index in [2.05, 4.69) is 20.2 Å². The zero-order valence-corrected chi connectivity index (χ0v) is 24.9. The number of hydrogen-bond donors (Lipinski definition) is 3. The highest BCUT2D eigenvalue weighted by molar-refractivity contribution is 6.12. The molecule has 7 rings (SSSR count). The molecule has 3 heterocycles. The van der Waals surface area contributed by atoms with Crippen molar-refractivity contribution in [2.45, 2.75) is 37.8 Å². The zero-order chi connectivity index (χ0) is 30.8. The molecular formula is C36H35N5O4. The van der Waals surface area contributed by atoms with Gasteiger partial charge in [0.25, 0.3) is 5.91 Å². The SMILES string of the molecule is O=C(CCCN1CCCCC1)Nc1nc2ccc(C3(O)c4ccccc4C(=O)N3c3cccc(Oc4ccccc4)c3)cc2[nH]1. The highest BCUT2D eigenvalue weighted by Crippen LogP contribution is 2.46. The number of imidazole rings is 1. The van der Waals surface area contributed by atoms with Crippen LogP contribution in [0.3, 0.4) is 0 Å². The lowest BCUT2D eigenvalue weighted by atomic mass is 9.93. The van der Waals surface area contributed by atoms with Crippen LogP contribution < -0.4 is 15.0 Å². The second-order valence-electron chi connectivity index (χ2n) is 11.6. The van der Waals surface area contributed by atoms with Crippen molar-refractivity contribution in [2.24, 2.45) is 0 Å². The van der Waals surface area contributed by atoms with Gasteiger partial charge in [-0.2, -0.15) is 0 Å². The Morgan fingerprint density at radius 2 is 1.69 bits per heavy atom. The van der Waals surface area contributed by atoms with Crippen molar-refractivity contribution in [3.05, 3.63) is 114 Å². The summed E-state index contributed by atoms with van der Waals surface area (Å²) in [5.74, 6) is 1.12. The molecule has 2 amide bonds. The maximum Gasteiger partial charge on any atom is 0.261 e. The Kier molecular flexibility index (Phi) is 7.79. The van der Waals surface area contributed by atoms with Crippen LogP contribution in [-0.2, 0) is 10.5 Å². The van der Waals surface area contributed by atoms with Crippen LogP contribution in [0.15, 0.2) is 97.1 Å². The molecule has 0 aliphatic carbocycles. The van der Waals surface area contributed by atoms with Crippen molar-refractivity contribution in [1.29, 1.82) is 0 Å². The van der Waals surface area contributed by atoms with E-state index in [0.29, 0.717) is 57.3 Å². The van der Waals surface area contributed by atoms with Gasteiger partial charge in [-0.05, 0) is 81.4 Å². The van der Waals surface area contributed by atoms with Crippen LogP contribution in [0.2, 0.25) is 0 Å². The highest BCUT2D eigenvalue weighted by atomic mass is 16.5. The summed E-state index contributed by atoms with van der Waals surface area (Å²) in [5, 5.41) is 15.4. The minimum Gasteiger partial charge on any atom is -0.457 e. The van der Waals surface area contributed by atoms with Crippen molar-refractivity contribution in [1.82, 2.24) is 14.9 Å². The molecule has 1 unspecified atom stereocenters. The van der Waals surface area contributed by atoms with E-state index >= 15 is 0 Å². The van der Waals surface area contributed by atoms with Gasteiger partial charge in [0.2, 0.25) is 11.9 Å². The normalized spacial score (nSPS) is 18.2. The number of ether oxygens (including phenoxy) is 1. The number of benzene rings is 4. The van der Waals surface area contributed by atoms with Crippen LogP contribution in [0.25, 0.3) is 11.0 Å². The zero-order valence-electron chi connectivity index (χ0n) is 24.9. The Labute approximate surface area is 261 Å². The summed E-state index contributed by atoms with van der Waals surface area (Å²) in [4.78, 5) is 38.1. The number of likely N-dealkylation sites (tertiary alicyclic amines) is 1. The van der Waals surface area contributed by atoms with E-state index in [1.165, 1.54) is 24.2 Å². The number of fused-ring (bicyclic) bond motifs is 2. The van der Waals surface area contributed by atoms with E-state index in [0.717, 1.165) is 26.1 Å². The van der Waals surface area contributed by atoms with Crippen molar-refractivity contribution < 1.29 is 19.4 Å². The molecule has 1 fully saturated rings. The van der Waals surface area contributed by atoms with Crippen molar-refractivity contribution in [2.75, 3.05) is 29.9 Å². The van der Waals surface area contributed by atoms with Crippen molar-refractivity contribution in [3.8, 4) is 11.5 Å². The first kappa shape index (κ1) is 28.8. The third kappa shape index (κ3) is 5.68. The van der Waals surface area contributed by atoms with Crippen molar-refractivity contribution >= 4 is 34.5 Å². The van der Waals surface area contributed by atoms with Gasteiger partial charge in [-0.1, -0.05) is 55.0 Å². The number of carbonyl (C=O) groups excluding carboxylic acids is 2. The average molecular weight is 602 g/mol. The lowest BCUT2D eigenvalue weighted by Crippen LogP contribution is -2.45. The molecule has 5 aromatic rings. The number of aliphatic hydroxyl groups is 1. The van der Waals surface area contributed by atoms with E-state index in [-0.39, 0.29) is 11.8 Å². The first-order valence-electron chi connectivity index (χ1n) is 15.5. The van der Waals surface area contributed by atoms with Gasteiger partial charge < -0.3 is 19.7 Å². The van der Waals surface area contributed by atoms with Gasteiger partial charge in [-0.25, -0.2) is 4.98 Å². The number of amides is 2. The first-order valence-corrected chi connectivity index (χ1v) is 15.5. The molecular weight excluding hydrogens is 566 g/mol. The van der Waals surface area contributed by atoms with Gasteiger partial charge in [-0.15, -0.1) is 0 Å². The minimum atomic E-state index is -1.81. The summed E-state index contributed by atoms with van der Waals surface area (Å²) in [5.41, 5.74) is 1.30. The number of nitrogens with one attached hydrogen (secondary N) is 2. The van der Waals surface area contributed by atoms with Crippen LogP contribution in [0, 0.1) is 0 Å². The Balaban J connectivity index is 1.16. The number of carbonyl (C=O) groups is 2. The highest BCUT2D eigenvalue weighted by Gasteiger charge is 2.50. The summed E-state index contributed by atoms with van der Waals surface area (Å²) < 4.78 is 6.04. The third-order valence-electron chi connectivity index (χ3n) is 8.58. The van der Waals surface area contributed by atoms with E-state index in [4.69, 9.17) is 4.74 Å². The number of aromatic nitrogens is 2. The average Bonchev–Trinajstić information content (AvgIpc) is 3.57. The molecule has 2 aliphatic rings. The Bertz CT molecular complexity index is 1850. The molecule has 0 saturated carbocycles. The summed E-state index contributed by atoms with van der Waals surface area (Å²) in [6.07, 6.45) is 4.97. The van der Waals surface area contributed by atoms with Crippen LogP contribution in [0.5, 0.6) is 11.5 Å². The summed E-state index contributed by atoms with van der Waals surface area (Å²) in [6, 6.07) is 28.9. The number of nitrogens with zero attached hydrogens (tertiary/aromatic N) is 3. The smallest absolute Gasteiger partial charge is 0.261 e. The molecule has 45 heavy (non-hydrogen) atoms. The maximum absolute atomic E-state index is 13.9. The maximum atomic E-state index is 13.9. The van der Waals surface area contributed by atoms with Crippen LogP contribution in [0.1, 0.15) is 53.6 Å². The van der Waals surface area contributed by atoms with Gasteiger partial charge in [0, 0.05) is 29.2 Å². The van der Waals surface area contributed by atoms with Gasteiger partial charge in [0.1, 0.15) is 11.5 Å². The summed E-state index contributed by atoms with van der Waals surface area (Å²) in [7, 11) is 0. The number of aromatic amines is 1. The molecule has 0 radical (unpaired) electrons. The van der Waals surface area contributed by atoms with E-state index in [1.807, 2.05) is 42.5 Å². The fraction of sp³-hybridized carbons (Fsp3) is 0.250. The topological polar surface area (TPSA) is 111 Å². The molecule has 0 spiro atoms. The molecule has 9 heteroatoms. The Hall–Kier alpha value is -4.99. The lowest BCUT2D eigenvalue weighted by molar-refractivity contribution is -0.116. The third-order valence-corrected chi connectivity index (χ3v) is 8.58. The molecule has 4 aromatic carbocycles. The molecule has 228 valence electrons. The predicted octanol–water partition coefficient (Wildman–Crippen LogP) is 6.41. The number of H-pyrrole nitrogens is 1. The number of rotatable bonds is 9. The number of para-hydroxylation sites is 1. The van der Waals surface area contributed by atoms with Crippen molar-refractivity contribution in [3.63, 3.8) is 0 Å². The lowest BCUT2D eigenvalue weighted by Gasteiger charge is -2.35. The largest absolute Gasteiger partial charge is 0.457 e. The summed E-state index contributed by atoms with van der Waals surface area (Å²) in [6.45, 7) is 3.15. The predicted molar refractivity (Wildman–Crippen MR) is 173 cm³/mol. The van der Waals surface area contributed by atoms with Crippen LogP contribution in [0.4, 0.5) is 11.6 Å². The minimum absolute atomic E-state index is 0.0935. The Morgan fingerprint density at radius 3 is 2.53 bits per heavy atom. The number of piperidine rings is 1. The summed E-state index contributed by atoms with van der Waals surface area (Å²) >= 11 is 0. The monoisotopic (exact) mass is 601 g/mol. The molecule has 3 N–H and O–H groups in total. The second-order valence-corrected chi connectivity index (χ2v) is 11.6. The van der Waals surface area contributed by atoms with E-state index < -0.39 is 5.72 Å². The second kappa shape index (κ2) is 12.2. The molecule has 1 aromatic heterocycles. The number of anilines is 2. The Morgan fingerprint density at radius 1 is 0.911 bits per heavy atom. The van der Waals surface area contributed by atoms with E-state index in [1.54, 1.807) is 54.6 Å². The van der Waals surface area contributed by atoms with Gasteiger partial charge in [0.05, 0.1) is 16.7 Å². The standard InChI is InChI=1S/C36H35N5O4/c42-33(17-10-22-40-20-7-2-8-21-40)39-35-37-31-19-18-25(23-32(31)38-35)36(44)30-16-6-5-15-29(30)34(43)41(36)26-11-9-14-28(24-26)45-27-12-3-1-4-13-27/h1,3-6,9,11-16,18-19,23-24,44H,2,7-8,10,17,20-22H2,(H2,37,38,39,42). The molecule has 2 aliphatic heterocycles. The van der Waals surface area contributed by atoms with Crippen LogP contribution >= 0.6 is 0 Å². The quantitative estimate of drug-likeness (QED) is 0.180. The molecule has 1 atom stereocenters. The van der Waals surface area contributed by atoms with E-state index in [9.17, 15) is 14.7 Å². The molecule has 9 nitrogen and oxygen atoms in total. The fourth-order valence-electron chi connectivity index (χ4n) is 6.39. The fourth-order valence-corrected chi connectivity index (χ4v) is 6.39. The molecule has 0 bridgehead atoms.